The van der Waals surface area contributed by atoms with Gasteiger partial charge in [0.2, 0.25) is 0 Å². The zero-order chi connectivity index (χ0) is 29.3. The van der Waals surface area contributed by atoms with E-state index in [-0.39, 0.29) is 5.41 Å². The molecular weight excluding hydrogens is 512 g/mol. The Bertz CT molecular complexity index is 1770. The van der Waals surface area contributed by atoms with Crippen molar-refractivity contribution in [3.05, 3.63) is 142 Å². The summed E-state index contributed by atoms with van der Waals surface area (Å²) < 4.78 is 0. The maximum absolute atomic E-state index is 3.84. The van der Waals surface area contributed by atoms with Crippen LogP contribution in [0.5, 0.6) is 0 Å². The fraction of sp³-hybridized carbons (Fsp3) is 0.211. The van der Waals surface area contributed by atoms with Crippen molar-refractivity contribution < 1.29 is 0 Å². The number of aromatic nitrogens is 1. The van der Waals surface area contributed by atoms with Gasteiger partial charge in [0.1, 0.15) is 0 Å². The largest absolute Gasteiger partial charge is 0.357 e. The van der Waals surface area contributed by atoms with E-state index in [4.69, 9.17) is 0 Å². The molecule has 4 N–H and O–H groups in total. The number of anilines is 4. The number of rotatable bonds is 7. The first-order valence-electron chi connectivity index (χ1n) is 14.8. The maximum atomic E-state index is 3.84. The lowest BCUT2D eigenvalue weighted by atomic mass is 9.80. The minimum absolute atomic E-state index is 0.306. The van der Waals surface area contributed by atoms with Crippen molar-refractivity contribution in [2.24, 2.45) is 0 Å². The summed E-state index contributed by atoms with van der Waals surface area (Å²) in [5.74, 6) is 0. The Morgan fingerprint density at radius 1 is 0.595 bits per heavy atom. The first kappa shape index (κ1) is 27.5. The first-order chi connectivity index (χ1) is 20.3. The summed E-state index contributed by atoms with van der Waals surface area (Å²) in [5, 5.41) is 12.6. The van der Waals surface area contributed by atoms with Crippen molar-refractivity contribution in [3.63, 3.8) is 0 Å². The Balaban J connectivity index is 1.46. The zero-order valence-electron chi connectivity index (χ0n) is 25.2. The molecule has 0 bridgehead atoms. The maximum Gasteiger partial charge on any atom is 0.0684 e. The lowest BCUT2D eigenvalue weighted by Gasteiger charge is -2.29. The van der Waals surface area contributed by atoms with E-state index in [0.717, 1.165) is 41.1 Å². The lowest BCUT2D eigenvalue weighted by Crippen LogP contribution is -2.24. The van der Waals surface area contributed by atoms with E-state index in [1.54, 1.807) is 0 Å². The van der Waals surface area contributed by atoms with Gasteiger partial charge in [-0.15, -0.1) is 0 Å². The average molecular weight is 553 g/mol. The second kappa shape index (κ2) is 11.3. The number of benzene rings is 4. The van der Waals surface area contributed by atoms with E-state index in [1.165, 1.54) is 44.7 Å². The van der Waals surface area contributed by atoms with Gasteiger partial charge in [-0.3, -0.25) is 0 Å². The number of para-hydroxylation sites is 1. The molecule has 0 saturated carbocycles. The standard InChI is InChI=1S/C38H40N4/c1-25-10-16-29(17-11-25)39-34-22-28(4)23-38(5,24-35(34)40-30-18-12-26(2)13-19-30)37-36(32-8-6-7-9-33(32)42-37)41-31-20-14-27(3)15-21-31/h6-21,23,39-42H,22,24H2,1-5H3. The predicted octanol–water partition coefficient (Wildman–Crippen LogP) is 10.3. The highest BCUT2D eigenvalue weighted by molar-refractivity contribution is 5.97. The highest BCUT2D eigenvalue weighted by Crippen LogP contribution is 2.45. The van der Waals surface area contributed by atoms with Gasteiger partial charge in [-0.1, -0.05) is 89.9 Å². The number of nitrogens with one attached hydrogen (secondary N) is 4. The fourth-order valence-corrected chi connectivity index (χ4v) is 6.01. The van der Waals surface area contributed by atoms with Crippen molar-refractivity contribution in [2.45, 2.75) is 52.9 Å². The van der Waals surface area contributed by atoms with Crippen LogP contribution in [0.2, 0.25) is 0 Å². The molecule has 42 heavy (non-hydrogen) atoms. The van der Waals surface area contributed by atoms with Crippen molar-refractivity contribution in [2.75, 3.05) is 16.0 Å². The summed E-state index contributed by atoms with van der Waals surface area (Å²) in [4.78, 5) is 3.84. The molecule has 0 spiro atoms. The summed E-state index contributed by atoms with van der Waals surface area (Å²) in [6.45, 7) is 11.0. The fourth-order valence-electron chi connectivity index (χ4n) is 6.01. The lowest BCUT2D eigenvalue weighted by molar-refractivity contribution is 0.575. The number of hydrogen-bond acceptors (Lipinski definition) is 3. The summed E-state index contributed by atoms with van der Waals surface area (Å²) in [6.07, 6.45) is 4.08. The molecule has 0 aliphatic heterocycles. The second-order valence-electron chi connectivity index (χ2n) is 12.1. The van der Waals surface area contributed by atoms with Crippen molar-refractivity contribution in [1.29, 1.82) is 0 Å². The van der Waals surface area contributed by atoms with Crippen LogP contribution in [-0.4, -0.2) is 4.98 Å². The van der Waals surface area contributed by atoms with E-state index in [0.29, 0.717) is 0 Å². The predicted molar refractivity (Wildman–Crippen MR) is 180 cm³/mol. The van der Waals surface area contributed by atoms with Crippen molar-refractivity contribution >= 4 is 33.7 Å². The number of allylic oxidation sites excluding steroid dienone is 3. The third kappa shape index (κ3) is 5.84. The van der Waals surface area contributed by atoms with E-state index in [1.807, 2.05) is 0 Å². The molecule has 212 valence electrons. The third-order valence-corrected chi connectivity index (χ3v) is 8.22. The van der Waals surface area contributed by atoms with E-state index < -0.39 is 0 Å². The van der Waals surface area contributed by atoms with Gasteiger partial charge in [0.25, 0.3) is 0 Å². The molecule has 5 aromatic rings. The summed E-state index contributed by atoms with van der Waals surface area (Å²) >= 11 is 0. The summed E-state index contributed by atoms with van der Waals surface area (Å²) in [7, 11) is 0. The van der Waals surface area contributed by atoms with Crippen LogP contribution in [0.4, 0.5) is 22.7 Å². The molecule has 0 fully saturated rings. The number of aryl methyl sites for hydroxylation is 3. The zero-order valence-corrected chi connectivity index (χ0v) is 25.2. The molecule has 1 aliphatic carbocycles. The molecule has 0 amide bonds. The minimum atomic E-state index is -0.306. The number of hydrogen-bond donors (Lipinski definition) is 4. The molecule has 0 radical (unpaired) electrons. The molecule has 1 aromatic heterocycles. The van der Waals surface area contributed by atoms with Gasteiger partial charge < -0.3 is 20.9 Å². The van der Waals surface area contributed by atoms with E-state index >= 15 is 0 Å². The molecule has 1 heterocycles. The molecule has 4 nitrogen and oxygen atoms in total. The van der Waals surface area contributed by atoms with Gasteiger partial charge in [0.15, 0.2) is 0 Å². The molecule has 6 rings (SSSR count). The highest BCUT2D eigenvalue weighted by Gasteiger charge is 2.34. The third-order valence-electron chi connectivity index (χ3n) is 8.22. The number of H-pyrrole nitrogens is 1. The molecule has 1 atom stereocenters. The number of aromatic amines is 1. The molecule has 1 unspecified atom stereocenters. The molecule has 0 saturated heterocycles. The van der Waals surface area contributed by atoms with Crippen LogP contribution in [0.1, 0.15) is 49.1 Å². The van der Waals surface area contributed by atoms with Crippen molar-refractivity contribution in [3.8, 4) is 0 Å². The van der Waals surface area contributed by atoms with Crippen LogP contribution in [0.3, 0.4) is 0 Å². The first-order valence-corrected chi connectivity index (χ1v) is 14.8. The SMILES string of the molecule is CC1=CC(C)(c2[nH]c3ccccc3c2Nc2ccc(C)cc2)CC(Nc2ccc(C)cc2)=C(Nc2ccc(C)cc2)C1. The second-order valence-corrected chi connectivity index (χ2v) is 12.1. The Kier molecular flexibility index (Phi) is 7.38. The average Bonchev–Trinajstić information content (AvgIpc) is 3.29. The molecular formula is C38H40N4. The van der Waals surface area contributed by atoms with Gasteiger partial charge >= 0.3 is 0 Å². The quantitative estimate of drug-likeness (QED) is 0.152. The minimum Gasteiger partial charge on any atom is -0.357 e. The van der Waals surface area contributed by atoms with Gasteiger partial charge in [-0.2, -0.15) is 0 Å². The Morgan fingerprint density at radius 3 is 1.67 bits per heavy atom. The summed E-state index contributed by atoms with van der Waals surface area (Å²) in [6, 6.07) is 34.5. The van der Waals surface area contributed by atoms with Crippen molar-refractivity contribution in [1.82, 2.24) is 4.98 Å². The molecule has 4 aromatic carbocycles. The number of fused-ring (bicyclic) bond motifs is 1. The smallest absolute Gasteiger partial charge is 0.0684 e. The highest BCUT2D eigenvalue weighted by atomic mass is 15.0. The van der Waals surface area contributed by atoms with Gasteiger partial charge in [-0.05, 0) is 70.2 Å². The van der Waals surface area contributed by atoms with Crippen LogP contribution in [-0.2, 0) is 5.41 Å². The summed E-state index contributed by atoms with van der Waals surface area (Å²) in [5.41, 5.74) is 13.9. The molecule has 1 aliphatic rings. The van der Waals surface area contributed by atoms with E-state index in [9.17, 15) is 0 Å². The normalized spacial score (nSPS) is 17.1. The van der Waals surface area contributed by atoms with Crippen LogP contribution in [0.15, 0.2) is 120 Å². The topological polar surface area (TPSA) is 51.9 Å². The van der Waals surface area contributed by atoms with Gasteiger partial charge in [0, 0.05) is 63.3 Å². The van der Waals surface area contributed by atoms with E-state index in [2.05, 4.69) is 159 Å². The van der Waals surface area contributed by atoms with Crippen LogP contribution >= 0.6 is 0 Å². The van der Waals surface area contributed by atoms with Crippen LogP contribution < -0.4 is 16.0 Å². The van der Waals surface area contributed by atoms with Gasteiger partial charge in [-0.25, -0.2) is 0 Å². The molecule has 4 heteroatoms. The Labute approximate surface area is 249 Å². The van der Waals surface area contributed by atoms with Crippen LogP contribution in [0, 0.1) is 20.8 Å². The van der Waals surface area contributed by atoms with Crippen LogP contribution in [0.25, 0.3) is 10.9 Å². The Hall–Kier alpha value is -4.70. The van der Waals surface area contributed by atoms with Gasteiger partial charge in [0.05, 0.1) is 5.69 Å². The Morgan fingerprint density at radius 2 is 1.10 bits per heavy atom. The monoisotopic (exact) mass is 552 g/mol.